The number of fused-ring (bicyclic) bond motifs is 1. The van der Waals surface area contributed by atoms with Crippen molar-refractivity contribution >= 4 is 46.0 Å². The van der Waals surface area contributed by atoms with Crippen molar-refractivity contribution in [2.24, 2.45) is 0 Å². The minimum atomic E-state index is -0.391. The number of carbonyl (C=O) groups is 1. The molecule has 2 aromatic carbocycles. The molecule has 0 aliphatic rings. The van der Waals surface area contributed by atoms with Gasteiger partial charge >= 0.3 is 5.97 Å². The molecule has 27 heavy (non-hydrogen) atoms. The van der Waals surface area contributed by atoms with Crippen molar-refractivity contribution in [3.05, 3.63) is 45.9 Å². The Balaban J connectivity index is 2.11. The fraction of sp³-hybridized carbons (Fsp3) is 0.300. The molecule has 0 aliphatic carbocycles. The summed E-state index contributed by atoms with van der Waals surface area (Å²) in [4.78, 5) is 18.9. The molecular formula is C20H20Cl2N2O3. The highest BCUT2D eigenvalue weighted by Gasteiger charge is 2.19. The van der Waals surface area contributed by atoms with E-state index in [0.717, 1.165) is 12.1 Å². The zero-order valence-electron chi connectivity index (χ0n) is 15.5. The van der Waals surface area contributed by atoms with Gasteiger partial charge in [-0.1, -0.05) is 30.1 Å². The molecular weight excluding hydrogens is 387 g/mol. The maximum absolute atomic E-state index is 12.5. The van der Waals surface area contributed by atoms with Crippen molar-refractivity contribution in [3.63, 3.8) is 0 Å². The number of anilines is 1. The predicted molar refractivity (Wildman–Crippen MR) is 109 cm³/mol. The number of esters is 1. The second-order valence-corrected chi connectivity index (χ2v) is 7.41. The SMILES string of the molecule is CCC(C)OC(=O)c1cc(N(C)C)c2nc(-c3cc(Cl)cc(Cl)c3)oc2c1. The van der Waals surface area contributed by atoms with Crippen LogP contribution in [-0.2, 0) is 4.74 Å². The lowest BCUT2D eigenvalue weighted by Crippen LogP contribution is -2.15. The largest absolute Gasteiger partial charge is 0.459 e. The van der Waals surface area contributed by atoms with Gasteiger partial charge in [0, 0.05) is 29.7 Å². The summed E-state index contributed by atoms with van der Waals surface area (Å²) in [6.07, 6.45) is 0.589. The molecule has 0 amide bonds. The van der Waals surface area contributed by atoms with Crippen LogP contribution in [0.1, 0.15) is 30.6 Å². The molecule has 0 aliphatic heterocycles. The maximum Gasteiger partial charge on any atom is 0.338 e. The average molecular weight is 407 g/mol. The lowest BCUT2D eigenvalue weighted by Gasteiger charge is -2.15. The van der Waals surface area contributed by atoms with E-state index >= 15 is 0 Å². The first kappa shape index (κ1) is 19.5. The predicted octanol–water partition coefficient (Wildman–Crippen LogP) is 5.82. The van der Waals surface area contributed by atoms with Crippen LogP contribution in [0, 0.1) is 0 Å². The summed E-state index contributed by atoms with van der Waals surface area (Å²) in [5.41, 5.74) is 2.97. The van der Waals surface area contributed by atoms with Crippen LogP contribution in [0.15, 0.2) is 34.7 Å². The van der Waals surface area contributed by atoms with Crippen molar-refractivity contribution < 1.29 is 13.9 Å². The van der Waals surface area contributed by atoms with E-state index in [1.54, 1.807) is 30.3 Å². The third-order valence-corrected chi connectivity index (χ3v) is 4.62. The highest BCUT2D eigenvalue weighted by atomic mass is 35.5. The van der Waals surface area contributed by atoms with Crippen molar-refractivity contribution in [1.82, 2.24) is 4.98 Å². The quantitative estimate of drug-likeness (QED) is 0.499. The fourth-order valence-electron chi connectivity index (χ4n) is 2.61. The molecule has 0 bridgehead atoms. The van der Waals surface area contributed by atoms with Gasteiger partial charge in [0.1, 0.15) is 5.52 Å². The van der Waals surface area contributed by atoms with Crippen LogP contribution in [0.4, 0.5) is 5.69 Å². The van der Waals surface area contributed by atoms with Gasteiger partial charge in [0.25, 0.3) is 0 Å². The second kappa shape index (κ2) is 7.79. The second-order valence-electron chi connectivity index (χ2n) is 6.54. The number of hydrogen-bond acceptors (Lipinski definition) is 5. The number of carbonyl (C=O) groups excluding carboxylic acids is 1. The van der Waals surface area contributed by atoms with Crippen molar-refractivity contribution in [2.75, 3.05) is 19.0 Å². The summed E-state index contributed by atoms with van der Waals surface area (Å²) in [6, 6.07) is 8.50. The summed E-state index contributed by atoms with van der Waals surface area (Å²) < 4.78 is 11.4. The van der Waals surface area contributed by atoms with E-state index in [0.29, 0.717) is 38.2 Å². The molecule has 7 heteroatoms. The summed E-state index contributed by atoms with van der Waals surface area (Å²) in [6.45, 7) is 3.82. The molecule has 0 N–H and O–H groups in total. The average Bonchev–Trinajstić information content (AvgIpc) is 3.03. The van der Waals surface area contributed by atoms with Gasteiger partial charge < -0.3 is 14.1 Å². The molecule has 0 spiro atoms. The lowest BCUT2D eigenvalue weighted by atomic mass is 10.1. The van der Waals surface area contributed by atoms with Gasteiger partial charge in [-0.3, -0.25) is 0 Å². The number of oxazole rings is 1. The molecule has 1 atom stereocenters. The Kier molecular flexibility index (Phi) is 5.63. The van der Waals surface area contributed by atoms with E-state index in [1.807, 2.05) is 32.8 Å². The van der Waals surface area contributed by atoms with Gasteiger partial charge in [0.15, 0.2) is 5.58 Å². The molecule has 3 rings (SSSR count). The molecule has 142 valence electrons. The third-order valence-electron chi connectivity index (χ3n) is 4.18. The van der Waals surface area contributed by atoms with E-state index < -0.39 is 5.97 Å². The number of nitrogens with zero attached hydrogens (tertiary/aromatic N) is 2. The lowest BCUT2D eigenvalue weighted by molar-refractivity contribution is 0.0334. The Bertz CT molecular complexity index is 978. The smallest absolute Gasteiger partial charge is 0.338 e. The van der Waals surface area contributed by atoms with Crippen molar-refractivity contribution in [3.8, 4) is 11.5 Å². The summed E-state index contributed by atoms with van der Waals surface area (Å²) in [5.74, 6) is -0.0111. The minimum Gasteiger partial charge on any atom is -0.459 e. The van der Waals surface area contributed by atoms with Gasteiger partial charge in [-0.2, -0.15) is 0 Å². The highest BCUT2D eigenvalue weighted by Crippen LogP contribution is 2.33. The Morgan fingerprint density at radius 3 is 2.44 bits per heavy atom. The van der Waals surface area contributed by atoms with Crippen LogP contribution >= 0.6 is 23.2 Å². The number of ether oxygens (including phenoxy) is 1. The molecule has 0 saturated carbocycles. The van der Waals surface area contributed by atoms with E-state index in [9.17, 15) is 4.79 Å². The Hall–Kier alpha value is -2.24. The minimum absolute atomic E-state index is 0.158. The Labute approximate surface area is 167 Å². The molecule has 3 aromatic rings. The topological polar surface area (TPSA) is 55.6 Å². The van der Waals surface area contributed by atoms with E-state index in [-0.39, 0.29) is 6.10 Å². The number of hydrogen-bond donors (Lipinski definition) is 0. The maximum atomic E-state index is 12.5. The molecule has 1 aromatic heterocycles. The van der Waals surface area contributed by atoms with Gasteiger partial charge in [-0.15, -0.1) is 0 Å². The van der Waals surface area contributed by atoms with Crippen LogP contribution in [0.25, 0.3) is 22.6 Å². The number of benzene rings is 2. The van der Waals surface area contributed by atoms with Crippen LogP contribution in [0.2, 0.25) is 10.0 Å². The molecule has 0 radical (unpaired) electrons. The van der Waals surface area contributed by atoms with Crippen molar-refractivity contribution in [1.29, 1.82) is 0 Å². The molecule has 0 fully saturated rings. The fourth-order valence-corrected chi connectivity index (χ4v) is 3.13. The highest BCUT2D eigenvalue weighted by molar-refractivity contribution is 6.35. The normalized spacial score (nSPS) is 12.2. The number of halogens is 2. The Morgan fingerprint density at radius 1 is 1.19 bits per heavy atom. The van der Waals surface area contributed by atoms with Crippen LogP contribution in [0.3, 0.4) is 0 Å². The summed E-state index contributed by atoms with van der Waals surface area (Å²) in [7, 11) is 3.76. The summed E-state index contributed by atoms with van der Waals surface area (Å²) in [5, 5.41) is 0.982. The Morgan fingerprint density at radius 2 is 1.85 bits per heavy atom. The monoisotopic (exact) mass is 406 g/mol. The first-order chi connectivity index (χ1) is 12.8. The molecule has 0 saturated heterocycles. The standard InChI is InChI=1S/C20H20Cl2N2O3/c1-5-11(2)26-20(25)13-8-16(24(3)4)18-17(9-13)27-19(23-18)12-6-14(21)10-15(22)7-12/h6-11H,5H2,1-4H3. The molecule has 5 nitrogen and oxygen atoms in total. The third kappa shape index (κ3) is 4.20. The van der Waals surface area contributed by atoms with Gasteiger partial charge in [0.2, 0.25) is 5.89 Å². The van der Waals surface area contributed by atoms with Crippen LogP contribution < -0.4 is 4.90 Å². The van der Waals surface area contributed by atoms with Crippen molar-refractivity contribution in [2.45, 2.75) is 26.4 Å². The first-order valence-corrected chi connectivity index (χ1v) is 9.33. The van der Waals surface area contributed by atoms with E-state index in [2.05, 4.69) is 4.98 Å². The molecule has 1 heterocycles. The van der Waals surface area contributed by atoms with Crippen LogP contribution in [0.5, 0.6) is 0 Å². The van der Waals surface area contributed by atoms with E-state index in [4.69, 9.17) is 32.4 Å². The molecule has 1 unspecified atom stereocenters. The van der Waals surface area contributed by atoms with Gasteiger partial charge in [0.05, 0.1) is 17.4 Å². The van der Waals surface area contributed by atoms with Gasteiger partial charge in [-0.25, -0.2) is 9.78 Å². The number of aromatic nitrogens is 1. The number of rotatable bonds is 5. The summed E-state index contributed by atoms with van der Waals surface area (Å²) >= 11 is 12.2. The van der Waals surface area contributed by atoms with E-state index in [1.165, 1.54) is 0 Å². The van der Waals surface area contributed by atoms with Crippen LogP contribution in [-0.4, -0.2) is 31.2 Å². The first-order valence-electron chi connectivity index (χ1n) is 8.57. The zero-order valence-corrected chi connectivity index (χ0v) is 17.1. The zero-order chi connectivity index (χ0) is 19.7. The van der Waals surface area contributed by atoms with Gasteiger partial charge in [-0.05, 0) is 43.7 Å².